The Morgan fingerprint density at radius 2 is 2.14 bits per heavy atom. The van der Waals surface area contributed by atoms with E-state index in [1.54, 1.807) is 18.2 Å². The molecule has 0 bridgehead atoms. The summed E-state index contributed by atoms with van der Waals surface area (Å²) in [7, 11) is 1.49. The molecular formula is C14H19ClN2O4. The number of carbonyl (C=O) groups excluding carboxylic acids is 1. The Hall–Kier alpha value is -1.95. The first-order valence-electron chi connectivity index (χ1n) is 6.56. The molecule has 116 valence electrons. The zero-order chi connectivity index (χ0) is 15.8. The molecule has 7 heteroatoms. The zero-order valence-corrected chi connectivity index (χ0v) is 12.7. The lowest BCUT2D eigenvalue weighted by Gasteiger charge is -2.15. The fourth-order valence-corrected chi connectivity index (χ4v) is 1.96. The Bertz CT molecular complexity index is 508. The number of urea groups is 1. The van der Waals surface area contributed by atoms with Gasteiger partial charge in [-0.25, -0.2) is 4.79 Å². The minimum absolute atomic E-state index is 0.0251. The molecule has 0 aliphatic rings. The van der Waals surface area contributed by atoms with E-state index < -0.39 is 12.0 Å². The van der Waals surface area contributed by atoms with Crippen molar-refractivity contribution in [2.75, 3.05) is 19.0 Å². The Labute approximate surface area is 128 Å². The fourth-order valence-electron chi connectivity index (χ4n) is 1.79. The van der Waals surface area contributed by atoms with Gasteiger partial charge in [0.1, 0.15) is 5.75 Å². The van der Waals surface area contributed by atoms with Crippen LogP contribution in [0.3, 0.4) is 0 Å². The number of benzene rings is 1. The second kappa shape index (κ2) is 8.36. The van der Waals surface area contributed by atoms with E-state index in [4.69, 9.17) is 21.4 Å². The summed E-state index contributed by atoms with van der Waals surface area (Å²) < 4.78 is 5.12. The minimum atomic E-state index is -0.874. The van der Waals surface area contributed by atoms with Gasteiger partial charge in [0.25, 0.3) is 0 Å². The van der Waals surface area contributed by atoms with Crippen molar-refractivity contribution in [3.63, 3.8) is 0 Å². The molecule has 0 saturated heterocycles. The summed E-state index contributed by atoms with van der Waals surface area (Å²) in [5.74, 6) is -0.484. The summed E-state index contributed by atoms with van der Waals surface area (Å²) in [6.07, 6.45) is 0.699. The lowest BCUT2D eigenvalue weighted by molar-refractivity contribution is -0.138. The summed E-state index contributed by atoms with van der Waals surface area (Å²) in [6.45, 7) is 2.17. The van der Waals surface area contributed by atoms with E-state index in [0.717, 1.165) is 0 Å². The molecule has 0 aliphatic heterocycles. The molecule has 6 nitrogen and oxygen atoms in total. The highest BCUT2D eigenvalue weighted by molar-refractivity contribution is 6.31. The minimum Gasteiger partial charge on any atom is -0.495 e. The summed E-state index contributed by atoms with van der Waals surface area (Å²) in [5, 5.41) is 14.5. The molecule has 1 aromatic carbocycles. The second-order valence-electron chi connectivity index (χ2n) is 4.55. The highest BCUT2D eigenvalue weighted by Gasteiger charge is 2.13. The molecule has 0 aliphatic carbocycles. The molecule has 1 atom stereocenters. The molecule has 0 radical (unpaired) electrons. The van der Waals surface area contributed by atoms with E-state index in [9.17, 15) is 9.59 Å². The quantitative estimate of drug-likeness (QED) is 0.722. The van der Waals surface area contributed by atoms with Crippen LogP contribution in [0.2, 0.25) is 5.02 Å². The predicted octanol–water partition coefficient (Wildman–Crippen LogP) is 2.97. The first kappa shape index (κ1) is 17.1. The van der Waals surface area contributed by atoms with Crippen molar-refractivity contribution in [2.24, 2.45) is 5.92 Å². The van der Waals surface area contributed by atoms with Crippen molar-refractivity contribution in [3.05, 3.63) is 23.2 Å². The Morgan fingerprint density at radius 3 is 2.71 bits per heavy atom. The third-order valence-corrected chi connectivity index (χ3v) is 3.24. The average molecular weight is 315 g/mol. The number of carboxylic acids is 1. The predicted molar refractivity (Wildman–Crippen MR) is 81.1 cm³/mol. The molecule has 0 fully saturated rings. The molecule has 0 heterocycles. The summed E-state index contributed by atoms with van der Waals surface area (Å²) in [6, 6.07) is 4.45. The Balaban J connectivity index is 2.57. The maximum absolute atomic E-state index is 11.8. The van der Waals surface area contributed by atoms with Gasteiger partial charge in [0.05, 0.1) is 12.8 Å². The number of ether oxygens (including phenoxy) is 1. The van der Waals surface area contributed by atoms with Gasteiger partial charge in [-0.05, 0) is 24.1 Å². The number of nitrogens with one attached hydrogen (secondary N) is 2. The van der Waals surface area contributed by atoms with Crippen molar-refractivity contribution in [1.82, 2.24) is 5.32 Å². The van der Waals surface area contributed by atoms with Crippen LogP contribution in [-0.4, -0.2) is 30.8 Å². The first-order valence-corrected chi connectivity index (χ1v) is 6.94. The monoisotopic (exact) mass is 314 g/mol. The van der Waals surface area contributed by atoms with Crippen molar-refractivity contribution < 1.29 is 19.4 Å². The topological polar surface area (TPSA) is 87.7 Å². The van der Waals surface area contributed by atoms with Crippen LogP contribution < -0.4 is 15.4 Å². The third kappa shape index (κ3) is 5.91. The summed E-state index contributed by atoms with van der Waals surface area (Å²) in [4.78, 5) is 22.5. The van der Waals surface area contributed by atoms with Crippen LogP contribution in [0, 0.1) is 5.92 Å². The molecule has 21 heavy (non-hydrogen) atoms. The largest absolute Gasteiger partial charge is 0.495 e. The molecule has 0 saturated carbocycles. The van der Waals surface area contributed by atoms with Crippen molar-refractivity contribution in [2.45, 2.75) is 19.8 Å². The van der Waals surface area contributed by atoms with Gasteiger partial charge >= 0.3 is 12.0 Å². The van der Waals surface area contributed by atoms with E-state index in [-0.39, 0.29) is 18.9 Å². The van der Waals surface area contributed by atoms with Gasteiger partial charge in [0.15, 0.2) is 0 Å². The summed E-state index contributed by atoms with van der Waals surface area (Å²) >= 11 is 5.87. The van der Waals surface area contributed by atoms with Gasteiger partial charge in [-0.1, -0.05) is 24.9 Å². The van der Waals surface area contributed by atoms with E-state index in [1.165, 1.54) is 7.11 Å². The van der Waals surface area contributed by atoms with Gasteiger partial charge < -0.3 is 20.5 Å². The maximum Gasteiger partial charge on any atom is 0.319 e. The zero-order valence-electron chi connectivity index (χ0n) is 12.0. The second-order valence-corrected chi connectivity index (χ2v) is 4.99. The third-order valence-electron chi connectivity index (χ3n) is 3.00. The number of amides is 2. The molecular weight excluding hydrogens is 296 g/mol. The van der Waals surface area contributed by atoms with E-state index in [0.29, 0.717) is 22.9 Å². The normalized spacial score (nSPS) is 11.6. The van der Waals surface area contributed by atoms with E-state index >= 15 is 0 Å². The molecule has 2 amide bonds. The van der Waals surface area contributed by atoms with Crippen LogP contribution in [-0.2, 0) is 4.79 Å². The highest BCUT2D eigenvalue weighted by atomic mass is 35.5. The van der Waals surface area contributed by atoms with Crippen molar-refractivity contribution in [3.8, 4) is 5.75 Å². The number of anilines is 1. The number of hydrogen-bond donors (Lipinski definition) is 3. The number of carboxylic acid groups (broad SMARTS) is 1. The summed E-state index contributed by atoms with van der Waals surface area (Å²) in [5.41, 5.74) is 0.453. The number of carbonyl (C=O) groups is 2. The molecule has 0 aromatic heterocycles. The molecule has 0 spiro atoms. The van der Waals surface area contributed by atoms with Crippen LogP contribution >= 0.6 is 11.6 Å². The fraction of sp³-hybridized carbons (Fsp3) is 0.429. The van der Waals surface area contributed by atoms with Crippen LogP contribution in [0.1, 0.15) is 19.8 Å². The SMILES string of the molecule is CCC(CNC(=O)Nc1cc(Cl)ccc1OC)CC(=O)O. The van der Waals surface area contributed by atoms with Crippen LogP contribution in [0.5, 0.6) is 5.75 Å². The van der Waals surface area contributed by atoms with Crippen molar-refractivity contribution in [1.29, 1.82) is 0 Å². The Kier molecular flexibility index (Phi) is 6.81. The van der Waals surface area contributed by atoms with Crippen LogP contribution in [0.15, 0.2) is 18.2 Å². The highest BCUT2D eigenvalue weighted by Crippen LogP contribution is 2.27. The smallest absolute Gasteiger partial charge is 0.319 e. The van der Waals surface area contributed by atoms with Crippen LogP contribution in [0.25, 0.3) is 0 Å². The molecule has 1 rings (SSSR count). The lowest BCUT2D eigenvalue weighted by atomic mass is 10.0. The van der Waals surface area contributed by atoms with Gasteiger partial charge in [0.2, 0.25) is 0 Å². The number of hydrogen-bond acceptors (Lipinski definition) is 3. The molecule has 1 unspecified atom stereocenters. The van der Waals surface area contributed by atoms with Gasteiger partial charge in [0, 0.05) is 18.0 Å². The van der Waals surface area contributed by atoms with Gasteiger partial charge in [-0.2, -0.15) is 0 Å². The van der Waals surface area contributed by atoms with Gasteiger partial charge in [-0.3, -0.25) is 4.79 Å². The number of methoxy groups -OCH3 is 1. The lowest BCUT2D eigenvalue weighted by Crippen LogP contribution is -2.33. The molecule has 1 aromatic rings. The average Bonchev–Trinajstić information content (AvgIpc) is 2.43. The standard InChI is InChI=1S/C14H19ClN2O4/c1-3-9(6-13(18)19)8-16-14(20)17-11-7-10(15)4-5-12(11)21-2/h4-5,7,9H,3,6,8H2,1-2H3,(H,18,19)(H2,16,17,20). The van der Waals surface area contributed by atoms with E-state index in [2.05, 4.69) is 10.6 Å². The number of halogens is 1. The van der Waals surface area contributed by atoms with Crippen LogP contribution in [0.4, 0.5) is 10.5 Å². The molecule has 3 N–H and O–H groups in total. The number of rotatable bonds is 7. The van der Waals surface area contributed by atoms with Crippen molar-refractivity contribution >= 4 is 29.3 Å². The Morgan fingerprint density at radius 1 is 1.43 bits per heavy atom. The maximum atomic E-state index is 11.8. The van der Waals surface area contributed by atoms with E-state index in [1.807, 2.05) is 6.92 Å². The van der Waals surface area contributed by atoms with Gasteiger partial charge in [-0.15, -0.1) is 0 Å². The first-order chi connectivity index (χ1) is 9.96. The number of aliphatic carboxylic acids is 1.